The molecule has 3 aromatic rings. The van der Waals surface area contributed by atoms with Gasteiger partial charge in [-0.15, -0.1) is 0 Å². The molecule has 11 heteroatoms. The molecule has 3 heterocycles. The van der Waals surface area contributed by atoms with Gasteiger partial charge in [-0.05, 0) is 68.8 Å². The fourth-order valence-electron chi connectivity index (χ4n) is 3.38. The van der Waals surface area contributed by atoms with Gasteiger partial charge >= 0.3 is 6.09 Å². The highest BCUT2D eigenvalue weighted by atomic mass is 35.5. The van der Waals surface area contributed by atoms with Crippen LogP contribution in [0.5, 0.6) is 0 Å². The topological polar surface area (TPSA) is 108 Å². The number of carbonyl (C=O) groups excluding carboxylic acids is 1. The quantitative estimate of drug-likeness (QED) is 0.509. The van der Waals surface area contributed by atoms with E-state index in [2.05, 4.69) is 35.5 Å². The summed E-state index contributed by atoms with van der Waals surface area (Å²) in [6.07, 6.45) is 2.96. The van der Waals surface area contributed by atoms with Crippen LogP contribution in [-0.2, 0) is 4.74 Å². The van der Waals surface area contributed by atoms with Crippen LogP contribution in [0.3, 0.4) is 0 Å². The average Bonchev–Trinajstić information content (AvgIpc) is 2.79. The van der Waals surface area contributed by atoms with Crippen LogP contribution in [0.1, 0.15) is 20.8 Å². The van der Waals surface area contributed by atoms with E-state index in [1.807, 2.05) is 45.0 Å². The molecule has 1 aliphatic heterocycles. The number of piperazine rings is 1. The van der Waals surface area contributed by atoms with Crippen molar-refractivity contribution in [3.05, 3.63) is 54.1 Å². The molecule has 0 spiro atoms. The minimum Gasteiger partial charge on any atom is -0.444 e. The smallest absolute Gasteiger partial charge is 0.410 e. The molecular formula is C23H27ClN8O2. The number of halogens is 1. The highest BCUT2D eigenvalue weighted by Gasteiger charge is 2.25. The number of hydrogen-bond acceptors (Lipinski definition) is 9. The Morgan fingerprint density at radius 3 is 2.21 bits per heavy atom. The molecule has 2 N–H and O–H groups in total. The fraction of sp³-hybridized carbons (Fsp3) is 0.348. The number of benzene rings is 1. The van der Waals surface area contributed by atoms with Crippen molar-refractivity contribution in [3.8, 4) is 0 Å². The third-order valence-corrected chi connectivity index (χ3v) is 5.14. The van der Waals surface area contributed by atoms with Gasteiger partial charge in [-0.25, -0.2) is 19.7 Å². The molecule has 0 radical (unpaired) electrons. The van der Waals surface area contributed by atoms with Gasteiger partial charge in [-0.3, -0.25) is 0 Å². The molecule has 1 aromatic carbocycles. The molecule has 1 amide bonds. The molecule has 0 saturated carbocycles. The van der Waals surface area contributed by atoms with E-state index < -0.39 is 5.60 Å². The number of rotatable bonds is 5. The van der Waals surface area contributed by atoms with Crippen molar-refractivity contribution >= 4 is 46.7 Å². The Balaban J connectivity index is 1.33. The van der Waals surface area contributed by atoms with Crippen LogP contribution in [0.25, 0.3) is 0 Å². The van der Waals surface area contributed by atoms with Crippen molar-refractivity contribution in [1.82, 2.24) is 24.8 Å². The van der Waals surface area contributed by atoms with E-state index in [-0.39, 0.29) is 11.4 Å². The van der Waals surface area contributed by atoms with Gasteiger partial charge in [-0.2, -0.15) is 4.98 Å². The Kier molecular flexibility index (Phi) is 6.97. The summed E-state index contributed by atoms with van der Waals surface area (Å²) in [6.45, 7) is 8.38. The van der Waals surface area contributed by atoms with Gasteiger partial charge < -0.3 is 25.2 Å². The second-order valence-corrected chi connectivity index (χ2v) is 9.07. The molecule has 34 heavy (non-hydrogen) atoms. The molecule has 4 rings (SSSR count). The first kappa shape index (κ1) is 23.5. The molecule has 10 nitrogen and oxygen atoms in total. The lowest BCUT2D eigenvalue weighted by Crippen LogP contribution is -2.50. The predicted octanol–water partition coefficient (Wildman–Crippen LogP) is 4.46. The minimum atomic E-state index is -0.486. The van der Waals surface area contributed by atoms with Gasteiger partial charge in [0, 0.05) is 49.9 Å². The van der Waals surface area contributed by atoms with Gasteiger partial charge in [0.1, 0.15) is 17.2 Å². The van der Waals surface area contributed by atoms with Crippen molar-refractivity contribution in [3.63, 3.8) is 0 Å². The lowest BCUT2D eigenvalue weighted by molar-refractivity contribution is 0.0240. The number of nitrogens with zero attached hydrogens (tertiary/aromatic N) is 6. The maximum absolute atomic E-state index is 12.3. The van der Waals surface area contributed by atoms with Crippen LogP contribution >= 0.6 is 11.6 Å². The first-order valence-corrected chi connectivity index (χ1v) is 11.3. The van der Waals surface area contributed by atoms with E-state index in [0.717, 1.165) is 24.5 Å². The van der Waals surface area contributed by atoms with Crippen LogP contribution in [-0.4, -0.2) is 62.7 Å². The highest BCUT2D eigenvalue weighted by molar-refractivity contribution is 6.28. The lowest BCUT2D eigenvalue weighted by atomic mass is 10.2. The molecule has 178 valence electrons. The summed E-state index contributed by atoms with van der Waals surface area (Å²) in [5.41, 5.74) is 1.46. The molecule has 0 aliphatic carbocycles. The first-order valence-electron chi connectivity index (χ1n) is 10.9. The minimum absolute atomic E-state index is 0.156. The summed E-state index contributed by atoms with van der Waals surface area (Å²) in [5, 5.41) is 6.44. The average molecular weight is 483 g/mol. The molecule has 1 aliphatic rings. The summed E-state index contributed by atoms with van der Waals surface area (Å²) in [6, 6.07) is 11.5. The Bertz CT molecular complexity index is 1130. The van der Waals surface area contributed by atoms with Crippen LogP contribution in [0, 0.1) is 0 Å². The summed E-state index contributed by atoms with van der Waals surface area (Å²) in [4.78, 5) is 33.0. The summed E-state index contributed by atoms with van der Waals surface area (Å²) < 4.78 is 5.47. The van der Waals surface area contributed by atoms with Gasteiger partial charge in [0.15, 0.2) is 0 Å². The molecule has 2 aromatic heterocycles. The molecule has 1 saturated heterocycles. The zero-order valence-electron chi connectivity index (χ0n) is 19.3. The van der Waals surface area contributed by atoms with Crippen LogP contribution < -0.4 is 15.5 Å². The molecule has 0 unspecified atom stereocenters. The van der Waals surface area contributed by atoms with Gasteiger partial charge in [-0.1, -0.05) is 0 Å². The normalized spacial score (nSPS) is 14.0. The van der Waals surface area contributed by atoms with E-state index in [1.54, 1.807) is 29.4 Å². The lowest BCUT2D eigenvalue weighted by Gasteiger charge is -2.36. The number of carbonyl (C=O) groups is 1. The molecule has 0 atom stereocenters. The van der Waals surface area contributed by atoms with Crippen LogP contribution in [0.15, 0.2) is 48.8 Å². The predicted molar refractivity (Wildman–Crippen MR) is 132 cm³/mol. The zero-order chi connectivity index (χ0) is 24.1. The first-order chi connectivity index (χ1) is 16.2. The maximum Gasteiger partial charge on any atom is 0.410 e. The van der Waals surface area contributed by atoms with Crippen LogP contribution in [0.2, 0.25) is 5.28 Å². The largest absolute Gasteiger partial charge is 0.444 e. The van der Waals surface area contributed by atoms with Gasteiger partial charge in [0.25, 0.3) is 0 Å². The van der Waals surface area contributed by atoms with E-state index in [1.165, 1.54) is 0 Å². The third kappa shape index (κ3) is 6.44. The summed E-state index contributed by atoms with van der Waals surface area (Å²) in [7, 11) is 0. The Morgan fingerprint density at radius 1 is 0.912 bits per heavy atom. The number of amides is 1. The summed E-state index contributed by atoms with van der Waals surface area (Å²) >= 11 is 5.83. The van der Waals surface area contributed by atoms with Crippen LogP contribution in [0.4, 0.5) is 33.8 Å². The van der Waals surface area contributed by atoms with Crippen molar-refractivity contribution in [2.45, 2.75) is 26.4 Å². The summed E-state index contributed by atoms with van der Waals surface area (Å²) in [5.74, 6) is 1.57. The van der Waals surface area contributed by atoms with E-state index in [4.69, 9.17) is 16.3 Å². The number of anilines is 5. The molecule has 1 fully saturated rings. The van der Waals surface area contributed by atoms with Crippen molar-refractivity contribution in [2.75, 3.05) is 41.7 Å². The van der Waals surface area contributed by atoms with Crippen molar-refractivity contribution in [1.29, 1.82) is 0 Å². The number of hydrogen-bond donors (Lipinski definition) is 2. The number of aromatic nitrogens is 4. The maximum atomic E-state index is 12.3. The monoisotopic (exact) mass is 482 g/mol. The SMILES string of the molecule is CC(C)(C)OC(=O)N1CCN(c2ccc(Nc3nccc(Nc4ccnc(Cl)n4)n3)cc2)CC1. The van der Waals surface area contributed by atoms with Crippen molar-refractivity contribution < 1.29 is 9.53 Å². The fourth-order valence-corrected chi connectivity index (χ4v) is 3.53. The van der Waals surface area contributed by atoms with E-state index in [9.17, 15) is 4.79 Å². The van der Waals surface area contributed by atoms with Gasteiger partial charge in [0.2, 0.25) is 11.2 Å². The Labute approximate surface area is 203 Å². The third-order valence-electron chi connectivity index (χ3n) is 4.96. The van der Waals surface area contributed by atoms with E-state index >= 15 is 0 Å². The Hall–Kier alpha value is -3.66. The second-order valence-electron chi connectivity index (χ2n) is 8.73. The van der Waals surface area contributed by atoms with E-state index in [0.29, 0.717) is 30.7 Å². The van der Waals surface area contributed by atoms with Crippen molar-refractivity contribution in [2.24, 2.45) is 0 Å². The second kappa shape index (κ2) is 10.1. The van der Waals surface area contributed by atoms with Gasteiger partial charge in [0.05, 0.1) is 0 Å². The number of ether oxygens (including phenoxy) is 1. The number of nitrogens with one attached hydrogen (secondary N) is 2. The molecule has 0 bridgehead atoms. The standard InChI is InChI=1S/C23H27ClN8O2/c1-23(2,3)34-22(33)32-14-12-31(13-15-32)17-6-4-16(5-7-17)27-21-26-11-9-19(30-21)28-18-8-10-25-20(24)29-18/h4-11H,12-15H2,1-3H3,(H2,25,26,27,28,29,30). The molecular weight excluding hydrogens is 456 g/mol. The Morgan fingerprint density at radius 2 is 1.56 bits per heavy atom. The zero-order valence-corrected chi connectivity index (χ0v) is 20.1. The highest BCUT2D eigenvalue weighted by Crippen LogP contribution is 2.22.